The molecule has 0 atom stereocenters. The predicted molar refractivity (Wildman–Crippen MR) is 129 cm³/mol. The van der Waals surface area contributed by atoms with Crippen molar-refractivity contribution in [2.24, 2.45) is 0 Å². The van der Waals surface area contributed by atoms with Gasteiger partial charge in [0.15, 0.2) is 0 Å². The fraction of sp³-hybridized carbons (Fsp3) is 0.407. The second kappa shape index (κ2) is 11.3. The van der Waals surface area contributed by atoms with Crippen LogP contribution in [-0.2, 0) is 24.4 Å². The van der Waals surface area contributed by atoms with E-state index in [0.717, 1.165) is 64.8 Å². The van der Waals surface area contributed by atoms with E-state index in [1.807, 2.05) is 6.07 Å². The average molecular weight is 434 g/mol. The minimum Gasteiger partial charge on any atom is -0.497 e. The fourth-order valence-corrected chi connectivity index (χ4v) is 4.22. The van der Waals surface area contributed by atoms with Crippen LogP contribution in [0.1, 0.15) is 22.4 Å². The van der Waals surface area contributed by atoms with Crippen LogP contribution in [0.25, 0.3) is 0 Å². The van der Waals surface area contributed by atoms with Crippen molar-refractivity contribution in [2.45, 2.75) is 26.6 Å². The lowest BCUT2D eigenvalue weighted by Gasteiger charge is -2.30. The number of hydrogen-bond donors (Lipinski definition) is 0. The van der Waals surface area contributed by atoms with Crippen molar-refractivity contribution in [2.75, 3.05) is 46.5 Å². The molecular weight excluding hydrogens is 398 g/mol. The molecule has 1 aliphatic heterocycles. The minimum absolute atomic E-state index is 0.849. The van der Waals surface area contributed by atoms with Gasteiger partial charge in [-0.3, -0.25) is 9.80 Å². The molecule has 1 aliphatic rings. The summed E-state index contributed by atoms with van der Waals surface area (Å²) in [5, 5.41) is 0. The summed E-state index contributed by atoms with van der Waals surface area (Å²) in [7, 11) is 1.72. The normalized spacial score (nSPS) is 14.7. The highest BCUT2D eigenvalue weighted by atomic mass is 16.5. The molecule has 1 saturated heterocycles. The van der Waals surface area contributed by atoms with Crippen LogP contribution in [0, 0.1) is 6.92 Å². The molecule has 4 rings (SSSR count). The molecule has 1 aromatic heterocycles. The van der Waals surface area contributed by atoms with Gasteiger partial charge in [0.05, 0.1) is 20.3 Å². The van der Waals surface area contributed by atoms with Crippen molar-refractivity contribution in [3.8, 4) is 5.75 Å². The van der Waals surface area contributed by atoms with E-state index in [1.165, 1.54) is 22.4 Å². The Hall–Kier alpha value is -2.60. The van der Waals surface area contributed by atoms with E-state index in [4.69, 9.17) is 9.47 Å². The number of aryl methyl sites for hydroxylation is 1. The molecular formula is C27H35N3O2. The van der Waals surface area contributed by atoms with E-state index in [0.29, 0.717) is 0 Å². The minimum atomic E-state index is 0.849. The molecule has 32 heavy (non-hydrogen) atoms. The maximum atomic E-state index is 5.52. The van der Waals surface area contributed by atoms with Crippen molar-refractivity contribution >= 4 is 0 Å². The van der Waals surface area contributed by atoms with Crippen molar-refractivity contribution < 1.29 is 9.47 Å². The van der Waals surface area contributed by atoms with Crippen LogP contribution >= 0.6 is 0 Å². The van der Waals surface area contributed by atoms with E-state index < -0.39 is 0 Å². The molecule has 0 radical (unpaired) electrons. The summed E-state index contributed by atoms with van der Waals surface area (Å²) in [5.41, 5.74) is 5.26. The van der Waals surface area contributed by atoms with Gasteiger partial charge in [-0.05, 0) is 42.3 Å². The van der Waals surface area contributed by atoms with Crippen molar-refractivity contribution in [3.05, 3.63) is 89.2 Å². The van der Waals surface area contributed by atoms with E-state index in [9.17, 15) is 0 Å². The Bertz CT molecular complexity index is 961. The van der Waals surface area contributed by atoms with Gasteiger partial charge in [-0.2, -0.15) is 0 Å². The Labute approximate surface area is 192 Å². The Morgan fingerprint density at radius 2 is 1.75 bits per heavy atom. The average Bonchev–Trinajstić information content (AvgIpc) is 3.26. The summed E-state index contributed by atoms with van der Waals surface area (Å²) in [5.74, 6) is 0.905. The van der Waals surface area contributed by atoms with E-state index >= 15 is 0 Å². The summed E-state index contributed by atoms with van der Waals surface area (Å²) in [6, 6.07) is 21.7. The smallest absolute Gasteiger partial charge is 0.119 e. The highest BCUT2D eigenvalue weighted by Crippen LogP contribution is 2.17. The fourth-order valence-electron chi connectivity index (χ4n) is 4.22. The van der Waals surface area contributed by atoms with Crippen LogP contribution < -0.4 is 4.74 Å². The van der Waals surface area contributed by atoms with E-state index in [-0.39, 0.29) is 0 Å². The topological polar surface area (TPSA) is 29.9 Å². The lowest BCUT2D eigenvalue weighted by Crippen LogP contribution is -2.41. The summed E-state index contributed by atoms with van der Waals surface area (Å²) in [4.78, 5) is 5.08. The van der Waals surface area contributed by atoms with Crippen LogP contribution in [0.15, 0.2) is 66.9 Å². The molecule has 2 aromatic carbocycles. The molecule has 5 nitrogen and oxygen atoms in total. The highest BCUT2D eigenvalue weighted by Gasteiger charge is 2.15. The number of morpholine rings is 1. The number of hydrogen-bond acceptors (Lipinski definition) is 4. The van der Waals surface area contributed by atoms with Gasteiger partial charge in [-0.15, -0.1) is 0 Å². The maximum absolute atomic E-state index is 5.52. The number of nitrogens with zero attached hydrogens (tertiary/aromatic N) is 3. The lowest BCUT2D eigenvalue weighted by molar-refractivity contribution is 0.0324. The molecule has 0 amide bonds. The molecule has 170 valence electrons. The van der Waals surface area contributed by atoms with Gasteiger partial charge < -0.3 is 14.0 Å². The monoisotopic (exact) mass is 433 g/mol. The quantitative estimate of drug-likeness (QED) is 0.480. The van der Waals surface area contributed by atoms with Crippen LogP contribution in [0.2, 0.25) is 0 Å². The SMILES string of the molecule is COc1cccc(Cn2cccc2CN(CCN2CCOCC2)Cc2ccc(C)cc2)c1. The Morgan fingerprint density at radius 3 is 2.53 bits per heavy atom. The van der Waals surface area contributed by atoms with Gasteiger partial charge in [0.25, 0.3) is 0 Å². The zero-order valence-corrected chi connectivity index (χ0v) is 19.4. The summed E-state index contributed by atoms with van der Waals surface area (Å²) in [6.07, 6.45) is 2.18. The molecule has 0 aliphatic carbocycles. The zero-order chi connectivity index (χ0) is 22.2. The molecule has 0 N–H and O–H groups in total. The summed E-state index contributed by atoms with van der Waals surface area (Å²) in [6.45, 7) is 10.7. The van der Waals surface area contributed by atoms with E-state index in [1.54, 1.807) is 7.11 Å². The third kappa shape index (κ3) is 6.45. The zero-order valence-electron chi connectivity index (χ0n) is 19.4. The molecule has 0 saturated carbocycles. The van der Waals surface area contributed by atoms with Gasteiger partial charge in [0, 0.05) is 57.7 Å². The molecule has 3 aromatic rings. The number of rotatable bonds is 10. The van der Waals surface area contributed by atoms with Gasteiger partial charge in [0.1, 0.15) is 5.75 Å². The first kappa shape index (κ1) is 22.6. The Morgan fingerprint density at radius 1 is 0.938 bits per heavy atom. The predicted octanol–water partition coefficient (Wildman–Crippen LogP) is 4.19. The summed E-state index contributed by atoms with van der Waals surface area (Å²) < 4.78 is 13.3. The van der Waals surface area contributed by atoms with E-state index in [2.05, 4.69) is 82.1 Å². The maximum Gasteiger partial charge on any atom is 0.119 e. The lowest BCUT2D eigenvalue weighted by atomic mass is 10.1. The van der Waals surface area contributed by atoms with Crippen molar-refractivity contribution in [3.63, 3.8) is 0 Å². The molecule has 0 bridgehead atoms. The number of benzene rings is 2. The molecule has 0 unspecified atom stereocenters. The third-order valence-corrected chi connectivity index (χ3v) is 6.16. The first-order chi connectivity index (χ1) is 15.7. The van der Waals surface area contributed by atoms with Crippen molar-refractivity contribution in [1.29, 1.82) is 0 Å². The van der Waals surface area contributed by atoms with Crippen LogP contribution in [0.5, 0.6) is 5.75 Å². The Kier molecular flexibility index (Phi) is 7.99. The van der Waals surface area contributed by atoms with Crippen LogP contribution in [0.4, 0.5) is 0 Å². The summed E-state index contributed by atoms with van der Waals surface area (Å²) >= 11 is 0. The first-order valence-corrected chi connectivity index (χ1v) is 11.5. The first-order valence-electron chi connectivity index (χ1n) is 11.5. The molecule has 2 heterocycles. The number of methoxy groups -OCH3 is 1. The van der Waals surface area contributed by atoms with Gasteiger partial charge in [0.2, 0.25) is 0 Å². The molecule has 5 heteroatoms. The molecule has 0 spiro atoms. The molecule has 1 fully saturated rings. The Balaban J connectivity index is 1.45. The second-order valence-electron chi connectivity index (χ2n) is 8.63. The van der Waals surface area contributed by atoms with Gasteiger partial charge in [-0.1, -0.05) is 42.0 Å². The van der Waals surface area contributed by atoms with Gasteiger partial charge >= 0.3 is 0 Å². The largest absolute Gasteiger partial charge is 0.497 e. The van der Waals surface area contributed by atoms with Crippen LogP contribution in [-0.4, -0.2) is 60.9 Å². The number of ether oxygens (including phenoxy) is 2. The highest BCUT2D eigenvalue weighted by molar-refractivity contribution is 5.29. The van der Waals surface area contributed by atoms with Gasteiger partial charge in [-0.25, -0.2) is 0 Å². The standard InChI is InChI=1S/C27H35N3O2/c1-23-8-10-24(11-9-23)20-29(14-13-28-15-17-32-18-16-28)22-26-6-4-12-30(26)21-25-5-3-7-27(19-25)31-2/h3-12,19H,13-18,20-22H2,1-2H3. The van der Waals surface area contributed by atoms with Crippen molar-refractivity contribution in [1.82, 2.24) is 14.4 Å². The third-order valence-electron chi connectivity index (χ3n) is 6.16. The number of aromatic nitrogens is 1. The van der Waals surface area contributed by atoms with Crippen LogP contribution in [0.3, 0.4) is 0 Å². The second-order valence-corrected chi connectivity index (χ2v) is 8.63.